The van der Waals surface area contributed by atoms with Gasteiger partial charge in [-0.15, -0.1) is 0 Å². The molecule has 0 spiro atoms. The van der Waals surface area contributed by atoms with Crippen molar-refractivity contribution in [3.05, 3.63) is 34.3 Å². The van der Waals surface area contributed by atoms with Crippen LogP contribution in [0.4, 0.5) is 0 Å². The summed E-state index contributed by atoms with van der Waals surface area (Å²) in [6.07, 6.45) is 2.47. The molecule has 1 aliphatic heterocycles. The van der Waals surface area contributed by atoms with Gasteiger partial charge in [-0.05, 0) is 82.8 Å². The van der Waals surface area contributed by atoms with E-state index in [0.717, 1.165) is 18.1 Å². The van der Waals surface area contributed by atoms with Crippen LogP contribution in [-0.4, -0.2) is 25.2 Å². The first-order valence-electron chi connectivity index (χ1n) is 7.41. The third-order valence-electron chi connectivity index (χ3n) is 3.42. The lowest BCUT2D eigenvalue weighted by Gasteiger charge is -2.24. The van der Waals surface area contributed by atoms with E-state index in [9.17, 15) is 4.79 Å². The fourth-order valence-corrected chi connectivity index (χ4v) is 2.51. The Morgan fingerprint density at radius 2 is 1.90 bits per heavy atom. The second kappa shape index (κ2) is 8.40. The smallest absolute Gasteiger partial charge is 0.293 e. The van der Waals surface area contributed by atoms with Gasteiger partial charge in [0.05, 0.1) is 0 Å². The Hall–Kier alpha value is -1.06. The second-order valence-corrected chi connectivity index (χ2v) is 6.79. The second-order valence-electron chi connectivity index (χ2n) is 6.35. The molecule has 0 amide bonds. The highest BCUT2D eigenvalue weighted by atomic mass is 35.5. The summed E-state index contributed by atoms with van der Waals surface area (Å²) in [5, 5.41) is 4.25. The lowest BCUT2D eigenvalue weighted by atomic mass is 9.87. The molecule has 0 aromatic heterocycles. The summed E-state index contributed by atoms with van der Waals surface area (Å²) in [4.78, 5) is 9.60. The molecule has 4 heteroatoms. The van der Waals surface area contributed by atoms with Crippen molar-refractivity contribution in [2.24, 2.45) is 0 Å². The highest BCUT2D eigenvalue weighted by Gasteiger charge is 2.16. The summed E-state index contributed by atoms with van der Waals surface area (Å²) < 4.78 is 4.55. The van der Waals surface area contributed by atoms with Crippen molar-refractivity contribution in [1.29, 1.82) is 0 Å². The van der Waals surface area contributed by atoms with Crippen LogP contribution in [-0.2, 0) is 9.53 Å². The standard InChI is InChI=1S/C12H16ClN.C5H10O2/c1-9-2-3-11(13)8-12(9)10-4-6-14-7-5-10;1-5(2,3)7-4-6/h2-3,8,10,14H,4-7H2,1H3;4H,1-3H3. The number of carbonyl (C=O) groups is 1. The van der Waals surface area contributed by atoms with E-state index in [4.69, 9.17) is 11.6 Å². The number of rotatable bonds is 2. The first kappa shape index (κ1) is 18.0. The lowest BCUT2D eigenvalue weighted by molar-refractivity contribution is -0.138. The summed E-state index contributed by atoms with van der Waals surface area (Å²) in [5.74, 6) is 0.704. The van der Waals surface area contributed by atoms with Gasteiger partial charge in [0.2, 0.25) is 0 Å². The number of ether oxygens (including phenoxy) is 1. The fraction of sp³-hybridized carbons (Fsp3) is 0.588. The first-order chi connectivity index (χ1) is 9.83. The molecule has 0 unspecified atom stereocenters. The van der Waals surface area contributed by atoms with E-state index in [1.165, 1.54) is 24.0 Å². The third-order valence-corrected chi connectivity index (χ3v) is 3.66. The topological polar surface area (TPSA) is 38.3 Å². The van der Waals surface area contributed by atoms with Crippen molar-refractivity contribution in [1.82, 2.24) is 5.32 Å². The Morgan fingerprint density at radius 3 is 2.38 bits per heavy atom. The molecule has 0 saturated carbocycles. The summed E-state index contributed by atoms with van der Waals surface area (Å²) in [6, 6.07) is 6.23. The molecule has 1 saturated heterocycles. The molecule has 1 aromatic carbocycles. The van der Waals surface area contributed by atoms with Crippen LogP contribution >= 0.6 is 11.6 Å². The number of hydrogen-bond donors (Lipinski definition) is 1. The number of piperidine rings is 1. The molecule has 1 N–H and O–H groups in total. The molecule has 3 nitrogen and oxygen atoms in total. The fourth-order valence-electron chi connectivity index (χ4n) is 2.33. The van der Waals surface area contributed by atoms with Gasteiger partial charge in [0, 0.05) is 5.02 Å². The van der Waals surface area contributed by atoms with E-state index in [1.807, 2.05) is 26.8 Å². The Labute approximate surface area is 133 Å². The van der Waals surface area contributed by atoms with Crippen molar-refractivity contribution in [3.63, 3.8) is 0 Å². The third kappa shape index (κ3) is 6.96. The maximum atomic E-state index is 9.60. The monoisotopic (exact) mass is 311 g/mol. The number of nitrogens with one attached hydrogen (secondary N) is 1. The number of hydrogen-bond acceptors (Lipinski definition) is 3. The zero-order valence-electron chi connectivity index (χ0n) is 13.4. The maximum Gasteiger partial charge on any atom is 0.293 e. The van der Waals surface area contributed by atoms with Gasteiger partial charge in [0.1, 0.15) is 5.60 Å². The molecular formula is C17H26ClNO2. The molecule has 0 aliphatic carbocycles. The number of carbonyl (C=O) groups excluding carboxylic acids is 1. The van der Waals surface area contributed by atoms with Crippen molar-refractivity contribution >= 4 is 18.1 Å². The molecule has 1 aliphatic rings. The van der Waals surface area contributed by atoms with Gasteiger partial charge < -0.3 is 10.1 Å². The first-order valence-corrected chi connectivity index (χ1v) is 7.79. The van der Waals surface area contributed by atoms with Crippen molar-refractivity contribution in [3.8, 4) is 0 Å². The largest absolute Gasteiger partial charge is 0.462 e. The molecule has 1 aromatic rings. The summed E-state index contributed by atoms with van der Waals surface area (Å²) in [5.41, 5.74) is 2.50. The molecule has 2 rings (SSSR count). The van der Waals surface area contributed by atoms with Crippen LogP contribution in [0.2, 0.25) is 5.02 Å². The lowest BCUT2D eigenvalue weighted by Crippen LogP contribution is -2.26. The Bertz CT molecular complexity index is 449. The highest BCUT2D eigenvalue weighted by molar-refractivity contribution is 6.30. The maximum absolute atomic E-state index is 9.60. The molecular weight excluding hydrogens is 286 g/mol. The zero-order chi connectivity index (χ0) is 15.9. The zero-order valence-corrected chi connectivity index (χ0v) is 14.2. The van der Waals surface area contributed by atoms with Crippen molar-refractivity contribution in [2.75, 3.05) is 13.1 Å². The predicted octanol–water partition coefficient (Wildman–Crippen LogP) is 4.07. The van der Waals surface area contributed by atoms with Gasteiger partial charge in [-0.3, -0.25) is 4.79 Å². The van der Waals surface area contributed by atoms with Crippen LogP contribution in [0, 0.1) is 6.92 Å². The average Bonchev–Trinajstić information content (AvgIpc) is 2.42. The van der Waals surface area contributed by atoms with Crippen LogP contribution in [0.5, 0.6) is 0 Å². The van der Waals surface area contributed by atoms with Gasteiger partial charge in [-0.25, -0.2) is 0 Å². The predicted molar refractivity (Wildman–Crippen MR) is 87.9 cm³/mol. The average molecular weight is 312 g/mol. The summed E-state index contributed by atoms with van der Waals surface area (Å²) in [6.45, 7) is 10.4. The minimum absolute atomic E-state index is 0.318. The van der Waals surface area contributed by atoms with Crippen LogP contribution < -0.4 is 5.32 Å². The number of benzene rings is 1. The number of halogens is 1. The van der Waals surface area contributed by atoms with Crippen LogP contribution in [0.25, 0.3) is 0 Å². The Balaban J connectivity index is 0.000000270. The molecule has 1 heterocycles. The molecule has 21 heavy (non-hydrogen) atoms. The van der Waals surface area contributed by atoms with E-state index >= 15 is 0 Å². The van der Waals surface area contributed by atoms with E-state index in [0.29, 0.717) is 12.4 Å². The normalized spacial score (nSPS) is 15.9. The van der Waals surface area contributed by atoms with Crippen LogP contribution in [0.15, 0.2) is 18.2 Å². The van der Waals surface area contributed by atoms with Crippen molar-refractivity contribution in [2.45, 2.75) is 52.1 Å². The minimum atomic E-state index is -0.318. The summed E-state index contributed by atoms with van der Waals surface area (Å²) in [7, 11) is 0. The van der Waals surface area contributed by atoms with Crippen molar-refractivity contribution < 1.29 is 9.53 Å². The highest BCUT2D eigenvalue weighted by Crippen LogP contribution is 2.29. The number of aryl methyl sites for hydroxylation is 1. The van der Waals surface area contributed by atoms with Gasteiger partial charge >= 0.3 is 0 Å². The summed E-state index contributed by atoms with van der Waals surface area (Å²) >= 11 is 6.02. The Kier molecular flexibility index (Phi) is 7.20. The SMILES string of the molecule is CC(C)(C)OC=O.Cc1ccc(Cl)cc1C1CCNCC1. The van der Waals surface area contributed by atoms with Crippen LogP contribution in [0.3, 0.4) is 0 Å². The molecule has 118 valence electrons. The minimum Gasteiger partial charge on any atom is -0.462 e. The van der Waals surface area contributed by atoms with Gasteiger partial charge in [-0.2, -0.15) is 0 Å². The van der Waals surface area contributed by atoms with E-state index in [-0.39, 0.29) is 5.60 Å². The van der Waals surface area contributed by atoms with E-state index in [2.05, 4.69) is 29.1 Å². The van der Waals surface area contributed by atoms with Gasteiger partial charge in [0.15, 0.2) is 0 Å². The quantitative estimate of drug-likeness (QED) is 0.837. The van der Waals surface area contributed by atoms with E-state index < -0.39 is 0 Å². The van der Waals surface area contributed by atoms with Gasteiger partial charge in [0.25, 0.3) is 6.47 Å². The molecule has 0 bridgehead atoms. The Morgan fingerprint density at radius 1 is 1.29 bits per heavy atom. The van der Waals surface area contributed by atoms with Gasteiger partial charge in [-0.1, -0.05) is 17.7 Å². The molecule has 0 atom stereocenters. The molecule has 0 radical (unpaired) electrons. The van der Waals surface area contributed by atoms with E-state index in [1.54, 1.807) is 0 Å². The van der Waals surface area contributed by atoms with Crippen LogP contribution in [0.1, 0.15) is 50.7 Å². The molecule has 1 fully saturated rings.